The highest BCUT2D eigenvalue weighted by molar-refractivity contribution is 5.37. The minimum Gasteiger partial charge on any atom is -0.491 e. The molecule has 2 aliphatic rings. The topological polar surface area (TPSA) is 113 Å². The third kappa shape index (κ3) is 6.15. The van der Waals surface area contributed by atoms with Gasteiger partial charge in [0.25, 0.3) is 0 Å². The minimum absolute atomic E-state index is 0.0672. The first kappa shape index (κ1) is 27.5. The zero-order valence-corrected chi connectivity index (χ0v) is 21.8. The molecule has 0 amide bonds. The number of rotatable bonds is 10. The molecule has 2 aromatic rings. The summed E-state index contributed by atoms with van der Waals surface area (Å²) < 4.78 is 11.4. The van der Waals surface area contributed by atoms with Crippen LogP contribution in [0.15, 0.2) is 97.6 Å². The van der Waals surface area contributed by atoms with Crippen LogP contribution in [0.3, 0.4) is 0 Å². The van der Waals surface area contributed by atoms with Gasteiger partial charge in [-0.15, -0.1) is 0 Å². The molecule has 8 heteroatoms. The Morgan fingerprint density at radius 2 is 1.03 bits per heavy atom. The van der Waals surface area contributed by atoms with Crippen molar-refractivity contribution in [1.29, 1.82) is 10.5 Å². The smallest absolute Gasteiger partial charge is 0.119 e. The highest BCUT2D eigenvalue weighted by Gasteiger charge is 2.43. The number of aliphatic hydroxyl groups is 2. The number of nitrogens with zero attached hydrogens (tertiary/aromatic N) is 4. The molecule has 4 rings (SSSR count). The van der Waals surface area contributed by atoms with Crippen molar-refractivity contribution in [2.45, 2.75) is 18.6 Å². The van der Waals surface area contributed by atoms with Crippen molar-refractivity contribution in [2.24, 2.45) is 11.8 Å². The van der Waals surface area contributed by atoms with Gasteiger partial charge in [-0.2, -0.15) is 10.5 Å². The summed E-state index contributed by atoms with van der Waals surface area (Å²) in [5.41, 5.74) is 4.19. The molecule has 2 saturated heterocycles. The summed E-state index contributed by atoms with van der Waals surface area (Å²) in [6.45, 7) is 17.8. The second-order valence-corrected chi connectivity index (χ2v) is 9.73. The number of benzene rings is 2. The van der Waals surface area contributed by atoms with E-state index < -0.39 is 12.2 Å². The van der Waals surface area contributed by atoms with Crippen molar-refractivity contribution < 1.29 is 19.7 Å². The van der Waals surface area contributed by atoms with E-state index in [1.807, 2.05) is 9.80 Å². The van der Waals surface area contributed by atoms with Crippen molar-refractivity contribution >= 4 is 0 Å². The fraction of sp³-hybridized carbons (Fsp3) is 0.290. The number of likely N-dealkylation sites (tertiary alicyclic amines) is 2. The molecule has 200 valence electrons. The fourth-order valence-electron chi connectivity index (χ4n) is 4.92. The van der Waals surface area contributed by atoms with E-state index in [4.69, 9.17) is 20.0 Å². The lowest BCUT2D eigenvalue weighted by molar-refractivity contribution is 0.0584. The molecule has 39 heavy (non-hydrogen) atoms. The van der Waals surface area contributed by atoms with E-state index in [1.54, 1.807) is 48.5 Å². The summed E-state index contributed by atoms with van der Waals surface area (Å²) in [5.74, 6) is 0.953. The van der Waals surface area contributed by atoms with Gasteiger partial charge in [-0.05, 0) is 55.0 Å². The number of nitriles is 2. The molecule has 8 nitrogen and oxygen atoms in total. The molecule has 2 heterocycles. The molecular weight excluding hydrogens is 492 g/mol. The summed E-state index contributed by atoms with van der Waals surface area (Å²) in [6, 6.07) is 17.6. The lowest BCUT2D eigenvalue weighted by atomic mass is 9.77. The fourth-order valence-corrected chi connectivity index (χ4v) is 4.92. The zero-order valence-electron chi connectivity index (χ0n) is 21.8. The molecule has 0 spiro atoms. The highest BCUT2D eigenvalue weighted by Crippen LogP contribution is 2.48. The van der Waals surface area contributed by atoms with Gasteiger partial charge in [0.15, 0.2) is 0 Å². The van der Waals surface area contributed by atoms with E-state index in [0.29, 0.717) is 22.6 Å². The summed E-state index contributed by atoms with van der Waals surface area (Å²) in [6.07, 6.45) is -0.892. The van der Waals surface area contributed by atoms with Crippen molar-refractivity contribution in [3.63, 3.8) is 0 Å². The van der Waals surface area contributed by atoms with E-state index in [-0.39, 0.29) is 38.1 Å². The Morgan fingerprint density at radius 3 is 1.33 bits per heavy atom. The van der Waals surface area contributed by atoms with Gasteiger partial charge in [0, 0.05) is 34.6 Å². The lowest BCUT2D eigenvalue weighted by Gasteiger charge is -2.52. The van der Waals surface area contributed by atoms with Crippen LogP contribution in [0.1, 0.15) is 17.5 Å². The van der Waals surface area contributed by atoms with Crippen LogP contribution in [0.25, 0.3) is 0 Å². The maximum atomic E-state index is 10.7. The zero-order chi connectivity index (χ0) is 28.1. The second-order valence-electron chi connectivity index (χ2n) is 9.73. The summed E-state index contributed by atoms with van der Waals surface area (Å²) in [5, 5.41) is 39.3. The SMILES string of the molecule is C=C1C2CC(C(=C)N1CC(O)COc1ccc(C#N)cc1)C(=C)N(CC(O)COc1ccc(C#N)cc1)C2=C. The lowest BCUT2D eigenvalue weighted by Crippen LogP contribution is -2.50. The van der Waals surface area contributed by atoms with Crippen LogP contribution >= 0.6 is 0 Å². The first-order chi connectivity index (χ1) is 18.7. The molecule has 2 aromatic carbocycles. The monoisotopic (exact) mass is 524 g/mol. The van der Waals surface area contributed by atoms with Gasteiger partial charge in [-0.25, -0.2) is 0 Å². The normalized spacial score (nSPS) is 20.2. The summed E-state index contributed by atoms with van der Waals surface area (Å²) in [4.78, 5) is 3.84. The van der Waals surface area contributed by atoms with Gasteiger partial charge >= 0.3 is 0 Å². The minimum atomic E-state index is -0.813. The Kier molecular flexibility index (Phi) is 8.41. The average molecular weight is 525 g/mol. The molecule has 2 bridgehead atoms. The van der Waals surface area contributed by atoms with Crippen LogP contribution in [0, 0.1) is 34.5 Å². The van der Waals surface area contributed by atoms with Crippen LogP contribution < -0.4 is 9.47 Å². The van der Waals surface area contributed by atoms with E-state index in [0.717, 1.165) is 29.2 Å². The molecule has 0 aliphatic carbocycles. The summed E-state index contributed by atoms with van der Waals surface area (Å²) >= 11 is 0. The molecule has 0 aromatic heterocycles. The molecule has 2 unspecified atom stereocenters. The van der Waals surface area contributed by atoms with Crippen LogP contribution in [0.4, 0.5) is 0 Å². The van der Waals surface area contributed by atoms with Gasteiger partial charge in [0.05, 0.1) is 36.4 Å². The number of hydrogen-bond donors (Lipinski definition) is 2. The van der Waals surface area contributed by atoms with Crippen LogP contribution in [0.2, 0.25) is 0 Å². The van der Waals surface area contributed by atoms with Crippen LogP contribution in [-0.4, -0.2) is 58.5 Å². The maximum absolute atomic E-state index is 10.7. The largest absolute Gasteiger partial charge is 0.491 e. The average Bonchev–Trinajstić information content (AvgIpc) is 2.95. The summed E-state index contributed by atoms with van der Waals surface area (Å²) in [7, 11) is 0. The number of aliphatic hydroxyl groups excluding tert-OH is 2. The van der Waals surface area contributed by atoms with E-state index in [2.05, 4.69) is 38.5 Å². The van der Waals surface area contributed by atoms with Crippen molar-refractivity contribution in [3.8, 4) is 23.6 Å². The maximum Gasteiger partial charge on any atom is 0.119 e. The molecular formula is C31H32N4O4. The number of fused-ring (bicyclic) bond motifs is 2. The van der Waals surface area contributed by atoms with Crippen LogP contribution in [0.5, 0.6) is 11.5 Å². The van der Waals surface area contributed by atoms with Crippen molar-refractivity contribution in [2.75, 3.05) is 26.3 Å². The highest BCUT2D eigenvalue weighted by atomic mass is 16.5. The molecule has 2 N–H and O–H groups in total. The van der Waals surface area contributed by atoms with Gasteiger partial charge in [-0.3, -0.25) is 0 Å². The standard InChI is InChI=1S/C31H32N4O4/c1-20-30-13-31(22(3)34(20)16-26(36)18-38-28-9-5-24(14-32)6-10-28)23(4)35(21(30)2)17-27(37)19-39-29-11-7-25(15-33)8-12-29/h5-12,26-27,30-31,36-37H,1-4,13,16-19H2. The first-order valence-corrected chi connectivity index (χ1v) is 12.6. The van der Waals surface area contributed by atoms with Crippen LogP contribution in [-0.2, 0) is 0 Å². The Morgan fingerprint density at radius 1 is 0.692 bits per heavy atom. The Balaban J connectivity index is 1.34. The number of β-amino-alcohol motifs (C(OH)–C–C–N with tert-alkyl or cyclic N) is 2. The molecule has 0 saturated carbocycles. The third-order valence-corrected chi connectivity index (χ3v) is 7.11. The molecule has 2 aliphatic heterocycles. The van der Waals surface area contributed by atoms with Gasteiger partial charge in [-0.1, -0.05) is 26.3 Å². The van der Waals surface area contributed by atoms with E-state index in [1.165, 1.54) is 0 Å². The first-order valence-electron chi connectivity index (χ1n) is 12.6. The van der Waals surface area contributed by atoms with E-state index >= 15 is 0 Å². The number of piperidine rings is 2. The van der Waals surface area contributed by atoms with Crippen molar-refractivity contribution in [3.05, 3.63) is 109 Å². The number of ether oxygens (including phenoxy) is 2. The molecule has 2 atom stereocenters. The van der Waals surface area contributed by atoms with E-state index in [9.17, 15) is 10.2 Å². The quantitative estimate of drug-likeness (QED) is 0.481. The van der Waals surface area contributed by atoms with Gasteiger partial charge in [0.1, 0.15) is 36.9 Å². The second kappa shape index (κ2) is 11.9. The molecule has 0 radical (unpaired) electrons. The van der Waals surface area contributed by atoms with Crippen molar-refractivity contribution in [1.82, 2.24) is 9.80 Å². The third-order valence-electron chi connectivity index (χ3n) is 7.11. The Labute approximate surface area is 229 Å². The molecule has 2 fully saturated rings. The predicted molar refractivity (Wildman–Crippen MR) is 147 cm³/mol. The van der Waals surface area contributed by atoms with Gasteiger partial charge < -0.3 is 29.5 Å². The Hall–Kier alpha value is -4.50. The predicted octanol–water partition coefficient (Wildman–Crippen LogP) is 3.92. The Bertz CT molecular complexity index is 1200. The number of hydrogen-bond acceptors (Lipinski definition) is 8. The van der Waals surface area contributed by atoms with Gasteiger partial charge in [0.2, 0.25) is 0 Å².